The maximum Gasteiger partial charge on any atom is 0.316 e. The van der Waals surface area contributed by atoms with Gasteiger partial charge in [-0.3, -0.25) is 0 Å². The van der Waals surface area contributed by atoms with E-state index in [0.717, 1.165) is 16.8 Å². The summed E-state index contributed by atoms with van der Waals surface area (Å²) < 4.78 is 7.80. The molecule has 20 heavy (non-hydrogen) atoms. The first-order valence-electron chi connectivity index (χ1n) is 6.24. The quantitative estimate of drug-likeness (QED) is 0.848. The minimum atomic E-state index is -0.117. The number of imidazole rings is 1. The first-order valence-corrected chi connectivity index (χ1v) is 6.65. The first kappa shape index (κ1) is 14.4. The average molecular weight is 294 g/mol. The smallest absolute Gasteiger partial charge is 0.316 e. The molecular formula is C13H18N4O2S. The van der Waals surface area contributed by atoms with E-state index in [1.165, 1.54) is 4.90 Å². The molecule has 0 atom stereocenters. The molecule has 0 radical (unpaired) electrons. The van der Waals surface area contributed by atoms with Gasteiger partial charge in [0.15, 0.2) is 4.77 Å². The molecule has 1 aromatic heterocycles. The van der Waals surface area contributed by atoms with Crippen LogP contribution in [0.5, 0.6) is 5.75 Å². The van der Waals surface area contributed by atoms with Gasteiger partial charge in [-0.15, -0.1) is 0 Å². The van der Waals surface area contributed by atoms with Crippen molar-refractivity contribution in [3.05, 3.63) is 23.0 Å². The highest BCUT2D eigenvalue weighted by atomic mass is 32.1. The number of rotatable bonds is 4. The number of urea groups is 1. The van der Waals surface area contributed by atoms with Crippen LogP contribution in [0.2, 0.25) is 0 Å². The molecule has 2 aromatic rings. The molecule has 0 unspecified atom stereocenters. The molecule has 0 aliphatic rings. The molecule has 7 heteroatoms. The minimum Gasteiger partial charge on any atom is -0.497 e. The summed E-state index contributed by atoms with van der Waals surface area (Å²) in [6, 6.07) is 5.62. The topological polar surface area (TPSA) is 62.3 Å². The summed E-state index contributed by atoms with van der Waals surface area (Å²) in [6.45, 7) is 1.11. The molecule has 2 rings (SSSR count). The molecule has 0 aliphatic heterocycles. The van der Waals surface area contributed by atoms with Crippen molar-refractivity contribution in [3.8, 4) is 5.75 Å². The molecule has 108 valence electrons. The number of nitrogens with one attached hydrogen (secondary N) is 2. The van der Waals surface area contributed by atoms with Crippen molar-refractivity contribution in [3.63, 3.8) is 0 Å². The van der Waals surface area contributed by atoms with Crippen LogP contribution in [0.1, 0.15) is 0 Å². The fraction of sp³-hybridized carbons (Fsp3) is 0.385. The van der Waals surface area contributed by atoms with Crippen LogP contribution in [0.3, 0.4) is 0 Å². The van der Waals surface area contributed by atoms with Crippen molar-refractivity contribution < 1.29 is 9.53 Å². The largest absolute Gasteiger partial charge is 0.497 e. The summed E-state index contributed by atoms with van der Waals surface area (Å²) in [5.41, 5.74) is 1.92. The molecule has 0 aliphatic carbocycles. The number of hydrogen-bond donors (Lipinski definition) is 2. The van der Waals surface area contributed by atoms with Crippen LogP contribution in [0.25, 0.3) is 11.0 Å². The number of aromatic nitrogens is 2. The summed E-state index contributed by atoms with van der Waals surface area (Å²) in [4.78, 5) is 16.1. The van der Waals surface area contributed by atoms with E-state index in [4.69, 9.17) is 17.0 Å². The third kappa shape index (κ3) is 2.93. The van der Waals surface area contributed by atoms with E-state index in [1.807, 2.05) is 22.8 Å². The second kappa shape index (κ2) is 5.96. The third-order valence-corrected chi connectivity index (χ3v) is 3.32. The predicted octanol–water partition coefficient (Wildman–Crippen LogP) is 1.98. The number of benzene rings is 1. The Morgan fingerprint density at radius 1 is 1.50 bits per heavy atom. The van der Waals surface area contributed by atoms with E-state index in [0.29, 0.717) is 17.9 Å². The van der Waals surface area contributed by atoms with Crippen molar-refractivity contribution in [1.82, 2.24) is 19.8 Å². The second-order valence-electron chi connectivity index (χ2n) is 4.59. The predicted molar refractivity (Wildman–Crippen MR) is 80.8 cm³/mol. The summed E-state index contributed by atoms with van der Waals surface area (Å²) in [5.74, 6) is 0.776. The van der Waals surface area contributed by atoms with Crippen LogP contribution in [0.4, 0.5) is 4.79 Å². The summed E-state index contributed by atoms with van der Waals surface area (Å²) in [7, 11) is 5.04. The maximum atomic E-state index is 11.5. The van der Waals surface area contributed by atoms with E-state index in [2.05, 4.69) is 10.3 Å². The van der Waals surface area contributed by atoms with Crippen molar-refractivity contribution in [2.75, 3.05) is 27.7 Å². The zero-order valence-corrected chi connectivity index (χ0v) is 12.6. The standard InChI is InChI=1S/C13H18N4O2S/c1-16(2)12(18)14-6-7-17-11-8-9(19-3)4-5-10(11)15-13(17)20/h4-5,8H,6-7H2,1-3H3,(H,14,18)(H,15,20). The molecule has 1 aromatic carbocycles. The highest BCUT2D eigenvalue weighted by Gasteiger charge is 2.07. The molecular weight excluding hydrogens is 276 g/mol. The fourth-order valence-electron chi connectivity index (χ4n) is 1.91. The van der Waals surface area contributed by atoms with Gasteiger partial charge in [-0.05, 0) is 24.4 Å². The van der Waals surface area contributed by atoms with E-state index < -0.39 is 0 Å². The van der Waals surface area contributed by atoms with Gasteiger partial charge < -0.3 is 24.5 Å². The lowest BCUT2D eigenvalue weighted by Crippen LogP contribution is -2.36. The van der Waals surface area contributed by atoms with Crippen LogP contribution < -0.4 is 10.1 Å². The summed E-state index contributed by atoms with van der Waals surface area (Å²) in [6.07, 6.45) is 0. The Kier molecular flexibility index (Phi) is 4.29. The Balaban J connectivity index is 2.19. The molecule has 2 amide bonds. The molecule has 2 N–H and O–H groups in total. The summed E-state index contributed by atoms with van der Waals surface area (Å²) >= 11 is 5.31. The number of carbonyl (C=O) groups excluding carboxylic acids is 1. The number of fused-ring (bicyclic) bond motifs is 1. The summed E-state index contributed by atoms with van der Waals surface area (Å²) in [5, 5.41) is 2.82. The zero-order chi connectivity index (χ0) is 14.7. The first-order chi connectivity index (χ1) is 9.52. The van der Waals surface area contributed by atoms with Crippen LogP contribution in [0, 0.1) is 4.77 Å². The van der Waals surface area contributed by atoms with Crippen LogP contribution >= 0.6 is 12.2 Å². The van der Waals surface area contributed by atoms with E-state index in [-0.39, 0.29) is 6.03 Å². The Morgan fingerprint density at radius 2 is 2.25 bits per heavy atom. The highest BCUT2D eigenvalue weighted by Crippen LogP contribution is 2.20. The Bertz CT molecular complexity index is 675. The normalized spacial score (nSPS) is 10.6. The van der Waals surface area contributed by atoms with Crippen molar-refractivity contribution in [2.45, 2.75) is 6.54 Å². The van der Waals surface area contributed by atoms with Gasteiger partial charge in [-0.1, -0.05) is 0 Å². The van der Waals surface area contributed by atoms with Crippen molar-refractivity contribution >= 4 is 29.3 Å². The molecule has 0 saturated heterocycles. The van der Waals surface area contributed by atoms with Gasteiger partial charge >= 0.3 is 6.03 Å². The lowest BCUT2D eigenvalue weighted by atomic mass is 10.3. The number of amides is 2. The molecule has 0 spiro atoms. The zero-order valence-electron chi connectivity index (χ0n) is 11.8. The molecule has 0 bridgehead atoms. The Labute approximate surface area is 122 Å². The van der Waals surface area contributed by atoms with E-state index in [1.54, 1.807) is 21.2 Å². The Hall–Kier alpha value is -2.02. The molecule has 1 heterocycles. The van der Waals surface area contributed by atoms with Crippen LogP contribution in [-0.2, 0) is 6.54 Å². The van der Waals surface area contributed by atoms with Gasteiger partial charge in [0.25, 0.3) is 0 Å². The van der Waals surface area contributed by atoms with Gasteiger partial charge in [-0.2, -0.15) is 0 Å². The van der Waals surface area contributed by atoms with E-state index in [9.17, 15) is 4.79 Å². The van der Waals surface area contributed by atoms with Gasteiger partial charge in [0, 0.05) is 33.3 Å². The number of aromatic amines is 1. The third-order valence-electron chi connectivity index (χ3n) is 3.00. The number of ether oxygens (including phenoxy) is 1. The highest BCUT2D eigenvalue weighted by molar-refractivity contribution is 7.71. The minimum absolute atomic E-state index is 0.117. The monoisotopic (exact) mass is 294 g/mol. The Morgan fingerprint density at radius 3 is 2.90 bits per heavy atom. The van der Waals surface area contributed by atoms with Gasteiger partial charge in [-0.25, -0.2) is 4.79 Å². The number of carbonyl (C=O) groups is 1. The number of nitrogens with zero attached hydrogens (tertiary/aromatic N) is 2. The van der Waals surface area contributed by atoms with Crippen LogP contribution in [-0.4, -0.2) is 48.2 Å². The second-order valence-corrected chi connectivity index (χ2v) is 4.98. The SMILES string of the molecule is COc1ccc2[nH]c(=S)n(CCNC(=O)N(C)C)c2c1. The number of H-pyrrole nitrogens is 1. The lowest BCUT2D eigenvalue weighted by Gasteiger charge is -2.12. The maximum absolute atomic E-state index is 11.5. The fourth-order valence-corrected chi connectivity index (χ4v) is 2.21. The van der Waals surface area contributed by atoms with Crippen molar-refractivity contribution in [1.29, 1.82) is 0 Å². The molecule has 0 fully saturated rings. The van der Waals surface area contributed by atoms with Gasteiger partial charge in [0.2, 0.25) is 0 Å². The van der Waals surface area contributed by atoms with E-state index >= 15 is 0 Å². The number of hydrogen-bond acceptors (Lipinski definition) is 3. The van der Waals surface area contributed by atoms with Crippen LogP contribution in [0.15, 0.2) is 18.2 Å². The lowest BCUT2D eigenvalue weighted by molar-refractivity contribution is 0.217. The molecule has 0 saturated carbocycles. The van der Waals surface area contributed by atoms with Gasteiger partial charge in [0.05, 0.1) is 18.1 Å². The molecule has 6 nitrogen and oxygen atoms in total. The number of methoxy groups -OCH3 is 1. The van der Waals surface area contributed by atoms with Crippen molar-refractivity contribution in [2.24, 2.45) is 0 Å². The van der Waals surface area contributed by atoms with Gasteiger partial charge in [0.1, 0.15) is 5.75 Å². The average Bonchev–Trinajstić information content (AvgIpc) is 2.74.